The number of hydrogen-bond acceptors (Lipinski definition) is 3. The predicted octanol–water partition coefficient (Wildman–Crippen LogP) is 0.0971. The number of rotatable bonds is 2. The van der Waals surface area contributed by atoms with Crippen LogP contribution in [0.1, 0.15) is 32.1 Å². The van der Waals surface area contributed by atoms with Crippen LogP contribution in [0.3, 0.4) is 0 Å². The summed E-state index contributed by atoms with van der Waals surface area (Å²) in [4.78, 5) is 13.4. The Balaban J connectivity index is 1.94. The maximum atomic E-state index is 11.1. The summed E-state index contributed by atoms with van der Waals surface area (Å²) in [5, 5.41) is 9.81. The molecule has 1 amide bonds. The zero-order valence-corrected chi connectivity index (χ0v) is 9.06. The number of aliphatic hydroxyl groups excluding tert-OH is 1. The number of primary amides is 1. The van der Waals surface area contributed by atoms with E-state index in [-0.39, 0.29) is 24.0 Å². The van der Waals surface area contributed by atoms with Gasteiger partial charge in [0.15, 0.2) is 0 Å². The Hall–Kier alpha value is -0.610. The lowest BCUT2D eigenvalue weighted by Crippen LogP contribution is -2.48. The second-order valence-electron chi connectivity index (χ2n) is 4.80. The van der Waals surface area contributed by atoms with Crippen molar-refractivity contribution in [2.75, 3.05) is 13.1 Å². The third-order valence-electron chi connectivity index (χ3n) is 3.77. The van der Waals surface area contributed by atoms with E-state index < -0.39 is 0 Å². The maximum absolute atomic E-state index is 11.1. The molecule has 0 bridgehead atoms. The van der Waals surface area contributed by atoms with Gasteiger partial charge in [0.05, 0.1) is 12.0 Å². The van der Waals surface area contributed by atoms with Crippen LogP contribution >= 0.6 is 0 Å². The minimum Gasteiger partial charge on any atom is -0.391 e. The molecule has 3 atom stereocenters. The summed E-state index contributed by atoms with van der Waals surface area (Å²) in [6.07, 6.45) is 4.81. The minimum absolute atomic E-state index is 0.00782. The fourth-order valence-electron chi connectivity index (χ4n) is 2.89. The van der Waals surface area contributed by atoms with Gasteiger partial charge >= 0.3 is 0 Å². The Morgan fingerprint density at radius 2 is 2.07 bits per heavy atom. The van der Waals surface area contributed by atoms with Gasteiger partial charge in [0, 0.05) is 12.6 Å². The van der Waals surface area contributed by atoms with Gasteiger partial charge in [-0.15, -0.1) is 0 Å². The highest BCUT2D eigenvalue weighted by atomic mass is 16.3. The first-order valence-corrected chi connectivity index (χ1v) is 5.90. The van der Waals surface area contributed by atoms with Gasteiger partial charge in [0.25, 0.3) is 0 Å². The van der Waals surface area contributed by atoms with Crippen LogP contribution in [0.2, 0.25) is 0 Å². The van der Waals surface area contributed by atoms with E-state index in [1.165, 1.54) is 0 Å². The molecule has 15 heavy (non-hydrogen) atoms. The zero-order chi connectivity index (χ0) is 10.8. The van der Waals surface area contributed by atoms with Gasteiger partial charge in [-0.3, -0.25) is 9.69 Å². The van der Waals surface area contributed by atoms with Gasteiger partial charge in [-0.2, -0.15) is 0 Å². The van der Waals surface area contributed by atoms with Gasteiger partial charge in [-0.05, 0) is 38.6 Å². The molecule has 1 aliphatic heterocycles. The predicted molar refractivity (Wildman–Crippen MR) is 57.1 cm³/mol. The van der Waals surface area contributed by atoms with Gasteiger partial charge in [0.1, 0.15) is 0 Å². The monoisotopic (exact) mass is 212 g/mol. The normalized spacial score (nSPS) is 38.1. The number of piperidine rings is 1. The van der Waals surface area contributed by atoms with Gasteiger partial charge < -0.3 is 10.8 Å². The molecular weight excluding hydrogens is 192 g/mol. The second-order valence-corrected chi connectivity index (χ2v) is 4.80. The molecule has 1 heterocycles. The standard InChI is InChI=1S/C11H20N2O2/c12-11(15)8-3-2-6-13(7-8)9-4-1-5-10(9)14/h8-10,14H,1-7H2,(H2,12,15)/t8?,9-,10-/m0/s1. The molecule has 86 valence electrons. The topological polar surface area (TPSA) is 66.6 Å². The zero-order valence-electron chi connectivity index (χ0n) is 9.06. The quantitative estimate of drug-likeness (QED) is 0.682. The van der Waals surface area contributed by atoms with E-state index >= 15 is 0 Å². The highest BCUT2D eigenvalue weighted by molar-refractivity contribution is 5.76. The molecular formula is C11H20N2O2. The Labute approximate surface area is 90.4 Å². The van der Waals surface area contributed by atoms with Crippen molar-refractivity contribution in [1.29, 1.82) is 0 Å². The molecule has 0 aromatic carbocycles. The van der Waals surface area contributed by atoms with Gasteiger partial charge in [0.2, 0.25) is 5.91 Å². The number of carbonyl (C=O) groups is 1. The fourth-order valence-corrected chi connectivity index (χ4v) is 2.89. The average Bonchev–Trinajstić information content (AvgIpc) is 2.64. The van der Waals surface area contributed by atoms with Gasteiger partial charge in [-0.1, -0.05) is 0 Å². The van der Waals surface area contributed by atoms with Crippen molar-refractivity contribution in [2.45, 2.75) is 44.2 Å². The van der Waals surface area contributed by atoms with E-state index in [9.17, 15) is 9.90 Å². The average molecular weight is 212 g/mol. The fraction of sp³-hybridized carbons (Fsp3) is 0.909. The van der Waals surface area contributed by atoms with Crippen LogP contribution in [-0.4, -0.2) is 41.1 Å². The number of amides is 1. The molecule has 2 aliphatic rings. The lowest BCUT2D eigenvalue weighted by atomic mass is 9.95. The molecule has 0 aromatic rings. The molecule has 2 fully saturated rings. The van der Waals surface area contributed by atoms with Crippen molar-refractivity contribution in [3.8, 4) is 0 Å². The summed E-state index contributed by atoms with van der Waals surface area (Å²) in [6, 6.07) is 0.271. The van der Waals surface area contributed by atoms with Crippen LogP contribution in [0, 0.1) is 5.92 Å². The largest absolute Gasteiger partial charge is 0.391 e. The number of nitrogens with zero attached hydrogens (tertiary/aromatic N) is 1. The third-order valence-corrected chi connectivity index (χ3v) is 3.77. The summed E-state index contributed by atoms with van der Waals surface area (Å²) in [5.74, 6) is -0.196. The van der Waals surface area contributed by atoms with Crippen molar-refractivity contribution >= 4 is 5.91 Å². The summed E-state index contributed by atoms with van der Waals surface area (Å²) in [5.41, 5.74) is 5.33. The van der Waals surface area contributed by atoms with Crippen LogP contribution in [0.5, 0.6) is 0 Å². The van der Waals surface area contributed by atoms with E-state index in [0.717, 1.165) is 45.2 Å². The van der Waals surface area contributed by atoms with Crippen LogP contribution in [0.15, 0.2) is 0 Å². The highest BCUT2D eigenvalue weighted by Gasteiger charge is 2.34. The SMILES string of the molecule is NC(=O)C1CCCN([C@H]2CCC[C@@H]2O)C1. The van der Waals surface area contributed by atoms with E-state index in [1.54, 1.807) is 0 Å². The number of nitrogens with two attached hydrogens (primary N) is 1. The molecule has 4 nitrogen and oxygen atoms in total. The Bertz CT molecular complexity index is 245. The van der Waals surface area contributed by atoms with Crippen LogP contribution < -0.4 is 5.73 Å². The molecule has 1 saturated heterocycles. The van der Waals surface area contributed by atoms with Crippen LogP contribution in [-0.2, 0) is 4.79 Å². The molecule has 3 N–H and O–H groups in total. The molecule has 0 radical (unpaired) electrons. The van der Waals surface area contributed by atoms with Crippen molar-refractivity contribution < 1.29 is 9.90 Å². The molecule has 1 saturated carbocycles. The molecule has 1 aliphatic carbocycles. The van der Waals surface area contributed by atoms with E-state index in [2.05, 4.69) is 4.90 Å². The third kappa shape index (κ3) is 2.32. The summed E-state index contributed by atoms with van der Waals surface area (Å²) < 4.78 is 0. The first-order valence-electron chi connectivity index (χ1n) is 5.90. The lowest BCUT2D eigenvalue weighted by Gasteiger charge is -2.36. The number of hydrogen-bond donors (Lipinski definition) is 2. The van der Waals surface area contributed by atoms with E-state index in [4.69, 9.17) is 5.73 Å². The van der Waals surface area contributed by atoms with Crippen molar-refractivity contribution in [1.82, 2.24) is 4.90 Å². The Morgan fingerprint density at radius 3 is 2.67 bits per heavy atom. The maximum Gasteiger partial charge on any atom is 0.221 e. The molecule has 2 rings (SSSR count). The van der Waals surface area contributed by atoms with Gasteiger partial charge in [-0.25, -0.2) is 0 Å². The Kier molecular flexibility index (Phi) is 3.26. The second kappa shape index (κ2) is 4.49. The van der Waals surface area contributed by atoms with Crippen LogP contribution in [0.4, 0.5) is 0 Å². The summed E-state index contributed by atoms with van der Waals surface area (Å²) in [6.45, 7) is 1.75. The smallest absolute Gasteiger partial charge is 0.221 e. The number of likely N-dealkylation sites (tertiary alicyclic amines) is 1. The molecule has 1 unspecified atom stereocenters. The van der Waals surface area contributed by atoms with Crippen molar-refractivity contribution in [3.05, 3.63) is 0 Å². The van der Waals surface area contributed by atoms with E-state index in [0.29, 0.717) is 0 Å². The first kappa shape index (κ1) is 10.9. The van der Waals surface area contributed by atoms with Crippen molar-refractivity contribution in [2.24, 2.45) is 11.7 Å². The molecule has 4 heteroatoms. The molecule has 0 aromatic heterocycles. The lowest BCUT2D eigenvalue weighted by molar-refractivity contribution is -0.124. The Morgan fingerprint density at radius 1 is 1.27 bits per heavy atom. The molecule has 0 spiro atoms. The highest BCUT2D eigenvalue weighted by Crippen LogP contribution is 2.28. The summed E-state index contributed by atoms with van der Waals surface area (Å²) >= 11 is 0. The minimum atomic E-state index is -0.198. The van der Waals surface area contributed by atoms with Crippen molar-refractivity contribution in [3.63, 3.8) is 0 Å². The number of aliphatic hydroxyl groups is 1. The van der Waals surface area contributed by atoms with Crippen LogP contribution in [0.25, 0.3) is 0 Å². The number of carbonyl (C=O) groups excluding carboxylic acids is 1. The summed E-state index contributed by atoms with van der Waals surface area (Å²) in [7, 11) is 0. The van der Waals surface area contributed by atoms with E-state index in [1.807, 2.05) is 0 Å². The first-order chi connectivity index (χ1) is 7.18.